The molecule has 1 aliphatic heterocycles. The number of rotatable bonds is 22. The van der Waals surface area contributed by atoms with Gasteiger partial charge in [-0.1, -0.05) is 121 Å². The lowest BCUT2D eigenvalue weighted by Crippen LogP contribution is -2.59. The van der Waals surface area contributed by atoms with E-state index >= 15 is 0 Å². The van der Waals surface area contributed by atoms with Gasteiger partial charge < -0.3 is 29.3 Å². The van der Waals surface area contributed by atoms with Crippen LogP contribution in [0.2, 0.25) is 0 Å². The molecule has 1 aliphatic rings. The quantitative estimate of drug-likeness (QED) is 0.139. The van der Waals surface area contributed by atoms with Crippen LogP contribution >= 0.6 is 0 Å². The zero-order chi connectivity index (χ0) is 29.2. The number of hydrogen-bond acceptors (Lipinski definition) is 9. The Labute approximate surface area is 241 Å². The van der Waals surface area contributed by atoms with E-state index in [0.29, 0.717) is 12.0 Å². The smallest absolute Gasteiger partial charge is 0.394 e. The maximum absolute atomic E-state index is 12.5. The Hall–Kier alpha value is -1.27. The van der Waals surface area contributed by atoms with Crippen molar-refractivity contribution in [1.82, 2.24) is 0 Å². The van der Waals surface area contributed by atoms with Crippen molar-refractivity contribution in [3.05, 3.63) is 29.8 Å². The molecule has 0 bridgehead atoms. The molecule has 0 aliphatic carbocycles. The molecular formula is C30H52O9S. The van der Waals surface area contributed by atoms with Crippen LogP contribution < -0.4 is 4.18 Å². The fourth-order valence-corrected chi connectivity index (χ4v) is 5.86. The molecule has 0 saturated carbocycles. The van der Waals surface area contributed by atoms with Gasteiger partial charge in [0.2, 0.25) is 6.29 Å². The third-order valence-electron chi connectivity index (χ3n) is 7.53. The number of unbranched alkanes of at least 4 members (excludes halogenated alkanes) is 15. The number of aliphatic hydroxyl groups is 4. The molecule has 0 amide bonds. The highest BCUT2D eigenvalue weighted by Gasteiger charge is 2.46. The van der Waals surface area contributed by atoms with E-state index in [4.69, 9.17) is 13.1 Å². The maximum atomic E-state index is 12.5. The van der Waals surface area contributed by atoms with Crippen LogP contribution in [0.5, 0.6) is 5.75 Å². The first-order valence-corrected chi connectivity index (χ1v) is 16.6. The summed E-state index contributed by atoms with van der Waals surface area (Å²) in [4.78, 5) is 0. The highest BCUT2D eigenvalue weighted by molar-refractivity contribution is 7.82. The topological polar surface area (TPSA) is 143 Å². The largest absolute Gasteiger partial charge is 0.451 e. The van der Waals surface area contributed by atoms with E-state index in [1.54, 1.807) is 18.2 Å². The Kier molecular flexibility index (Phi) is 17.3. The molecule has 9 nitrogen and oxygen atoms in total. The molecule has 5 atom stereocenters. The number of para-hydroxylation sites is 1. The fraction of sp³-hybridized carbons (Fsp3) is 0.800. The second-order valence-corrected chi connectivity index (χ2v) is 12.1. The van der Waals surface area contributed by atoms with Crippen molar-refractivity contribution in [3.63, 3.8) is 0 Å². The summed E-state index contributed by atoms with van der Waals surface area (Å²) in [7, 11) is -4.68. The molecule has 40 heavy (non-hydrogen) atoms. The van der Waals surface area contributed by atoms with Crippen LogP contribution in [0.25, 0.3) is 0 Å². The van der Waals surface area contributed by atoms with E-state index in [2.05, 4.69) is 6.92 Å². The molecule has 1 aromatic carbocycles. The average molecular weight is 589 g/mol. The third kappa shape index (κ3) is 13.1. The lowest BCUT2D eigenvalue weighted by Gasteiger charge is -2.38. The highest BCUT2D eigenvalue weighted by Crippen LogP contribution is 2.27. The summed E-state index contributed by atoms with van der Waals surface area (Å²) < 4.78 is 40.1. The van der Waals surface area contributed by atoms with Gasteiger partial charge in [-0.25, -0.2) is 4.18 Å². The first kappa shape index (κ1) is 34.9. The van der Waals surface area contributed by atoms with Gasteiger partial charge in [-0.05, 0) is 24.5 Å². The summed E-state index contributed by atoms with van der Waals surface area (Å²) in [5.74, 6) is 0.119. The van der Waals surface area contributed by atoms with Crippen molar-refractivity contribution in [2.75, 3.05) is 6.61 Å². The van der Waals surface area contributed by atoms with Crippen LogP contribution in [0.3, 0.4) is 0 Å². The molecule has 0 spiro atoms. The van der Waals surface area contributed by atoms with Crippen LogP contribution in [-0.4, -0.2) is 66.2 Å². The lowest BCUT2D eigenvalue weighted by atomic mass is 10.00. The molecule has 1 heterocycles. The zero-order valence-corrected chi connectivity index (χ0v) is 25.0. The normalized spacial score (nSPS) is 23.4. The number of benzene rings is 1. The van der Waals surface area contributed by atoms with Crippen molar-refractivity contribution < 1.29 is 41.9 Å². The maximum Gasteiger partial charge on any atom is 0.451 e. The second-order valence-electron chi connectivity index (χ2n) is 10.9. The van der Waals surface area contributed by atoms with E-state index in [1.165, 1.54) is 89.5 Å². The summed E-state index contributed by atoms with van der Waals surface area (Å²) >= 11 is 0. The monoisotopic (exact) mass is 588 g/mol. The van der Waals surface area contributed by atoms with Crippen molar-refractivity contribution in [1.29, 1.82) is 0 Å². The Morgan fingerprint density at radius 1 is 0.725 bits per heavy atom. The van der Waals surface area contributed by atoms with Gasteiger partial charge in [-0.3, -0.25) is 0 Å². The van der Waals surface area contributed by atoms with Crippen LogP contribution in [0.15, 0.2) is 24.3 Å². The number of aryl methyl sites for hydroxylation is 1. The van der Waals surface area contributed by atoms with Gasteiger partial charge in [0, 0.05) is 0 Å². The minimum atomic E-state index is -4.68. The third-order valence-corrected chi connectivity index (χ3v) is 8.33. The Bertz CT molecular complexity index is 893. The molecule has 232 valence electrons. The Morgan fingerprint density at radius 2 is 1.23 bits per heavy atom. The van der Waals surface area contributed by atoms with E-state index < -0.39 is 47.7 Å². The van der Waals surface area contributed by atoms with Gasteiger partial charge in [0.05, 0.1) is 6.61 Å². The van der Waals surface area contributed by atoms with Gasteiger partial charge in [0.25, 0.3) is 0 Å². The van der Waals surface area contributed by atoms with Crippen LogP contribution in [0.4, 0.5) is 0 Å². The van der Waals surface area contributed by atoms with E-state index in [-0.39, 0.29) is 5.75 Å². The molecule has 0 radical (unpaired) electrons. The molecule has 10 heteroatoms. The standard InChI is InChI=1S/C30H52O9S/c1-2-3-4-5-6-7-8-9-10-11-12-13-14-15-16-17-20-24-21-18-19-22-25(24)38-40(35,36)39-30-29(34)28(33)27(32)26(23-31)37-30/h18-19,21-22,26-34H,2-17,20,23H2,1H3/t26-,27+,28+,29-,30+/m1/s1. The molecule has 2 rings (SSSR count). The number of aliphatic hydroxyl groups excluding tert-OH is 4. The SMILES string of the molecule is CCCCCCCCCCCCCCCCCCc1ccccc1OS(=O)(=O)O[C@@H]1O[C@H](CO)[C@H](O)[C@H](O)[C@H]1O. The Balaban J connectivity index is 1.62. The second kappa shape index (κ2) is 19.8. The van der Waals surface area contributed by atoms with Gasteiger partial charge >= 0.3 is 10.4 Å². The van der Waals surface area contributed by atoms with Crippen LogP contribution in [0, 0.1) is 0 Å². The first-order valence-electron chi connectivity index (χ1n) is 15.3. The van der Waals surface area contributed by atoms with Crippen molar-refractivity contribution in [3.8, 4) is 5.75 Å². The summed E-state index contributed by atoms with van der Waals surface area (Å²) in [6.45, 7) is 1.56. The molecule has 1 aromatic rings. The van der Waals surface area contributed by atoms with Gasteiger partial charge in [-0.15, -0.1) is 0 Å². The summed E-state index contributed by atoms with van der Waals surface area (Å²) in [5, 5.41) is 39.0. The average Bonchev–Trinajstić information content (AvgIpc) is 2.93. The highest BCUT2D eigenvalue weighted by atomic mass is 32.3. The lowest BCUT2D eigenvalue weighted by molar-refractivity contribution is -0.277. The van der Waals surface area contributed by atoms with E-state index in [0.717, 1.165) is 19.3 Å². The number of ether oxygens (including phenoxy) is 1. The van der Waals surface area contributed by atoms with Gasteiger partial charge in [0.1, 0.15) is 30.2 Å². The van der Waals surface area contributed by atoms with Crippen molar-refractivity contribution >= 4 is 10.4 Å². The Morgan fingerprint density at radius 3 is 1.75 bits per heavy atom. The van der Waals surface area contributed by atoms with Crippen molar-refractivity contribution in [2.24, 2.45) is 0 Å². The summed E-state index contributed by atoms with van der Waals surface area (Å²) in [6, 6.07) is 6.77. The fourth-order valence-electron chi connectivity index (χ4n) is 5.05. The molecular weight excluding hydrogens is 536 g/mol. The zero-order valence-electron chi connectivity index (χ0n) is 24.2. The minimum Gasteiger partial charge on any atom is -0.394 e. The van der Waals surface area contributed by atoms with E-state index in [1.807, 2.05) is 0 Å². The first-order chi connectivity index (χ1) is 19.3. The number of hydrogen-bond donors (Lipinski definition) is 4. The summed E-state index contributed by atoms with van der Waals surface area (Å²) in [5.41, 5.74) is 0.717. The van der Waals surface area contributed by atoms with Crippen LogP contribution in [-0.2, 0) is 25.7 Å². The molecule has 0 unspecified atom stereocenters. The van der Waals surface area contributed by atoms with Crippen molar-refractivity contribution in [2.45, 2.75) is 147 Å². The predicted molar refractivity (Wildman–Crippen MR) is 154 cm³/mol. The van der Waals surface area contributed by atoms with Gasteiger partial charge in [-0.2, -0.15) is 8.42 Å². The molecule has 0 aromatic heterocycles. The minimum absolute atomic E-state index is 0.119. The van der Waals surface area contributed by atoms with Crippen LogP contribution in [0.1, 0.15) is 115 Å². The molecule has 1 saturated heterocycles. The van der Waals surface area contributed by atoms with E-state index in [9.17, 15) is 28.8 Å². The van der Waals surface area contributed by atoms with Gasteiger partial charge in [0.15, 0.2) is 0 Å². The predicted octanol–water partition coefficient (Wildman–Crippen LogP) is 4.93. The molecule has 1 fully saturated rings. The summed E-state index contributed by atoms with van der Waals surface area (Å²) in [6.07, 6.45) is 12.7. The molecule has 4 N–H and O–H groups in total.